The Kier molecular flexibility index (Phi) is 5.30. The molecule has 1 aromatic heterocycles. The quantitative estimate of drug-likeness (QED) is 0.845. The van der Waals surface area contributed by atoms with Crippen molar-refractivity contribution in [2.45, 2.75) is 39.6 Å². The standard InChI is InChI=1S/C15H20N2O4/c1-4-19-11(3)15-16-14(21-17-15)9-20-13-7-5-6-12(8-13)10(2)18/h5-8,10-11,18H,4,9H2,1-3H3/t10-,11-/m1/s1. The lowest BCUT2D eigenvalue weighted by atomic mass is 10.1. The van der Waals surface area contributed by atoms with Gasteiger partial charge in [0, 0.05) is 6.61 Å². The van der Waals surface area contributed by atoms with E-state index in [2.05, 4.69) is 10.1 Å². The second-order valence-corrected chi connectivity index (χ2v) is 4.68. The summed E-state index contributed by atoms with van der Waals surface area (Å²) in [5.41, 5.74) is 0.795. The molecular formula is C15H20N2O4. The fraction of sp³-hybridized carbons (Fsp3) is 0.467. The number of benzene rings is 1. The van der Waals surface area contributed by atoms with Gasteiger partial charge in [0.05, 0.1) is 6.10 Å². The molecule has 0 saturated heterocycles. The molecule has 6 nitrogen and oxygen atoms in total. The second kappa shape index (κ2) is 7.19. The van der Waals surface area contributed by atoms with E-state index in [-0.39, 0.29) is 12.7 Å². The van der Waals surface area contributed by atoms with E-state index in [4.69, 9.17) is 14.0 Å². The zero-order valence-electron chi connectivity index (χ0n) is 12.4. The highest BCUT2D eigenvalue weighted by molar-refractivity contribution is 5.29. The summed E-state index contributed by atoms with van der Waals surface area (Å²) in [6, 6.07) is 7.26. The molecule has 2 rings (SSSR count). The van der Waals surface area contributed by atoms with E-state index in [9.17, 15) is 5.11 Å². The van der Waals surface area contributed by atoms with E-state index in [0.29, 0.717) is 24.1 Å². The van der Waals surface area contributed by atoms with Gasteiger partial charge in [0.2, 0.25) is 0 Å². The van der Waals surface area contributed by atoms with Crippen LogP contribution in [0, 0.1) is 0 Å². The molecule has 0 aliphatic carbocycles. The summed E-state index contributed by atoms with van der Waals surface area (Å²) in [5, 5.41) is 13.4. The lowest BCUT2D eigenvalue weighted by Gasteiger charge is -2.08. The average Bonchev–Trinajstić information content (AvgIpc) is 2.95. The molecule has 1 N–H and O–H groups in total. The van der Waals surface area contributed by atoms with Crippen molar-refractivity contribution < 1.29 is 19.1 Å². The third-order valence-corrected chi connectivity index (χ3v) is 2.97. The Hall–Kier alpha value is -1.92. The van der Waals surface area contributed by atoms with Crippen LogP contribution in [0.1, 0.15) is 50.3 Å². The Labute approximate surface area is 123 Å². The summed E-state index contributed by atoms with van der Waals surface area (Å²) in [4.78, 5) is 4.22. The number of hydrogen-bond donors (Lipinski definition) is 1. The molecule has 6 heteroatoms. The molecule has 114 valence electrons. The van der Waals surface area contributed by atoms with Crippen LogP contribution in [0.5, 0.6) is 5.75 Å². The molecule has 0 saturated carbocycles. The summed E-state index contributed by atoms with van der Waals surface area (Å²) in [7, 11) is 0. The molecule has 2 aromatic rings. The summed E-state index contributed by atoms with van der Waals surface area (Å²) >= 11 is 0. The van der Waals surface area contributed by atoms with E-state index < -0.39 is 6.10 Å². The van der Waals surface area contributed by atoms with Crippen molar-refractivity contribution in [3.63, 3.8) is 0 Å². The minimum Gasteiger partial charge on any atom is -0.484 e. The van der Waals surface area contributed by atoms with Crippen molar-refractivity contribution in [2.24, 2.45) is 0 Å². The first-order valence-electron chi connectivity index (χ1n) is 6.95. The van der Waals surface area contributed by atoms with Gasteiger partial charge in [0.25, 0.3) is 5.89 Å². The fourth-order valence-electron chi connectivity index (χ4n) is 1.83. The highest BCUT2D eigenvalue weighted by atomic mass is 16.5. The maximum Gasteiger partial charge on any atom is 0.264 e. The molecular weight excluding hydrogens is 272 g/mol. The van der Waals surface area contributed by atoms with Gasteiger partial charge >= 0.3 is 0 Å². The van der Waals surface area contributed by atoms with E-state index in [1.807, 2.05) is 32.0 Å². The topological polar surface area (TPSA) is 77.6 Å². The summed E-state index contributed by atoms with van der Waals surface area (Å²) in [6.45, 7) is 6.25. The Morgan fingerprint density at radius 2 is 2.14 bits per heavy atom. The number of hydrogen-bond acceptors (Lipinski definition) is 6. The smallest absolute Gasteiger partial charge is 0.264 e. The molecule has 0 spiro atoms. The van der Waals surface area contributed by atoms with Crippen LogP contribution in [0.15, 0.2) is 28.8 Å². The Balaban J connectivity index is 1.95. The Morgan fingerprint density at radius 3 is 2.86 bits per heavy atom. The van der Waals surface area contributed by atoms with Gasteiger partial charge in [-0.1, -0.05) is 17.3 Å². The Morgan fingerprint density at radius 1 is 1.33 bits per heavy atom. The van der Waals surface area contributed by atoms with Crippen molar-refractivity contribution in [1.29, 1.82) is 0 Å². The molecule has 0 radical (unpaired) electrons. The van der Waals surface area contributed by atoms with E-state index in [1.54, 1.807) is 13.0 Å². The third-order valence-electron chi connectivity index (χ3n) is 2.97. The minimum absolute atomic E-state index is 0.176. The highest BCUT2D eigenvalue weighted by Crippen LogP contribution is 2.20. The lowest BCUT2D eigenvalue weighted by molar-refractivity contribution is 0.0683. The number of ether oxygens (including phenoxy) is 2. The van der Waals surface area contributed by atoms with Crippen LogP contribution in [0.4, 0.5) is 0 Å². The number of aliphatic hydroxyl groups is 1. The molecule has 2 atom stereocenters. The normalized spacial score (nSPS) is 13.9. The van der Waals surface area contributed by atoms with Crippen LogP contribution in [-0.2, 0) is 11.3 Å². The number of rotatable bonds is 7. The van der Waals surface area contributed by atoms with Crippen molar-refractivity contribution in [3.8, 4) is 5.75 Å². The van der Waals surface area contributed by atoms with Gasteiger partial charge in [-0.2, -0.15) is 4.98 Å². The van der Waals surface area contributed by atoms with Crippen molar-refractivity contribution in [1.82, 2.24) is 10.1 Å². The fourth-order valence-corrected chi connectivity index (χ4v) is 1.83. The van der Waals surface area contributed by atoms with Crippen LogP contribution >= 0.6 is 0 Å². The maximum atomic E-state index is 9.54. The lowest BCUT2D eigenvalue weighted by Crippen LogP contribution is -2.02. The van der Waals surface area contributed by atoms with Crippen LogP contribution in [0.2, 0.25) is 0 Å². The molecule has 0 amide bonds. The van der Waals surface area contributed by atoms with Crippen molar-refractivity contribution >= 4 is 0 Å². The largest absolute Gasteiger partial charge is 0.484 e. The van der Waals surface area contributed by atoms with Gasteiger partial charge in [-0.15, -0.1) is 0 Å². The number of aliphatic hydroxyl groups excluding tert-OH is 1. The first-order chi connectivity index (χ1) is 10.1. The predicted molar refractivity (Wildman–Crippen MR) is 75.7 cm³/mol. The minimum atomic E-state index is -0.532. The monoisotopic (exact) mass is 292 g/mol. The van der Waals surface area contributed by atoms with Gasteiger partial charge in [0.1, 0.15) is 11.9 Å². The predicted octanol–water partition coefficient (Wildman–Crippen LogP) is 2.80. The zero-order valence-corrected chi connectivity index (χ0v) is 12.4. The van der Waals surface area contributed by atoms with Crippen LogP contribution in [0.3, 0.4) is 0 Å². The molecule has 0 unspecified atom stereocenters. The number of nitrogens with zero attached hydrogens (tertiary/aromatic N) is 2. The average molecular weight is 292 g/mol. The van der Waals surface area contributed by atoms with E-state index in [0.717, 1.165) is 5.56 Å². The molecule has 1 aromatic carbocycles. The molecule has 1 heterocycles. The zero-order chi connectivity index (χ0) is 15.2. The van der Waals surface area contributed by atoms with Gasteiger partial charge in [-0.25, -0.2) is 0 Å². The number of aromatic nitrogens is 2. The molecule has 0 bridgehead atoms. The first-order valence-corrected chi connectivity index (χ1v) is 6.95. The van der Waals surface area contributed by atoms with Crippen molar-refractivity contribution in [3.05, 3.63) is 41.5 Å². The van der Waals surface area contributed by atoms with Crippen molar-refractivity contribution in [2.75, 3.05) is 6.61 Å². The second-order valence-electron chi connectivity index (χ2n) is 4.68. The molecule has 0 aliphatic heterocycles. The van der Waals surface area contributed by atoms with Gasteiger partial charge in [-0.05, 0) is 38.5 Å². The van der Waals surface area contributed by atoms with Gasteiger partial charge in [0.15, 0.2) is 12.4 Å². The van der Waals surface area contributed by atoms with E-state index in [1.165, 1.54) is 0 Å². The van der Waals surface area contributed by atoms with Gasteiger partial charge in [-0.3, -0.25) is 0 Å². The van der Waals surface area contributed by atoms with Crippen LogP contribution < -0.4 is 4.74 Å². The summed E-state index contributed by atoms with van der Waals surface area (Å²) in [6.07, 6.45) is -0.735. The third kappa shape index (κ3) is 4.27. The Bertz CT molecular complexity index is 568. The van der Waals surface area contributed by atoms with E-state index >= 15 is 0 Å². The summed E-state index contributed by atoms with van der Waals surface area (Å²) < 4.78 is 16.1. The maximum absolute atomic E-state index is 9.54. The SMILES string of the molecule is CCO[C@H](C)c1noc(COc2cccc([C@@H](C)O)c2)n1. The van der Waals surface area contributed by atoms with Gasteiger partial charge < -0.3 is 19.1 Å². The molecule has 0 fully saturated rings. The van der Waals surface area contributed by atoms with Crippen LogP contribution in [-0.4, -0.2) is 21.9 Å². The molecule has 0 aliphatic rings. The highest BCUT2D eigenvalue weighted by Gasteiger charge is 2.14. The first kappa shape index (κ1) is 15.5. The molecule has 21 heavy (non-hydrogen) atoms. The van der Waals surface area contributed by atoms with Crippen LogP contribution in [0.25, 0.3) is 0 Å². The summed E-state index contributed by atoms with van der Waals surface area (Å²) in [5.74, 6) is 1.54.